The molecule has 2 aromatic carbocycles. The van der Waals surface area contributed by atoms with Crippen LogP contribution in [0.5, 0.6) is 5.75 Å². The molecule has 1 fully saturated rings. The van der Waals surface area contributed by atoms with E-state index in [9.17, 15) is 9.59 Å². The Morgan fingerprint density at radius 3 is 2.71 bits per heavy atom. The lowest BCUT2D eigenvalue weighted by atomic mass is 10.1. The first-order valence-corrected chi connectivity index (χ1v) is 11.2. The van der Waals surface area contributed by atoms with Gasteiger partial charge in [0.25, 0.3) is 5.91 Å². The van der Waals surface area contributed by atoms with Gasteiger partial charge in [-0.25, -0.2) is 0 Å². The molecule has 2 amide bonds. The summed E-state index contributed by atoms with van der Waals surface area (Å²) in [5.41, 5.74) is 2.49. The van der Waals surface area contributed by atoms with Crippen LogP contribution in [-0.2, 0) is 17.9 Å². The average molecular weight is 437 g/mol. The molecule has 160 valence electrons. The predicted molar refractivity (Wildman–Crippen MR) is 120 cm³/mol. The minimum atomic E-state index is -0.152. The van der Waals surface area contributed by atoms with E-state index in [0.717, 1.165) is 22.6 Å². The highest BCUT2D eigenvalue weighted by Gasteiger charge is 2.33. The van der Waals surface area contributed by atoms with Crippen molar-refractivity contribution in [2.45, 2.75) is 25.4 Å². The fraction of sp³-hybridized carbons (Fsp3) is 0.250. The van der Waals surface area contributed by atoms with E-state index in [0.29, 0.717) is 31.0 Å². The van der Waals surface area contributed by atoms with Gasteiger partial charge in [-0.2, -0.15) is 0 Å². The number of furan rings is 1. The van der Waals surface area contributed by atoms with Crippen molar-refractivity contribution in [1.29, 1.82) is 0 Å². The van der Waals surface area contributed by atoms with E-state index in [1.54, 1.807) is 30.2 Å². The quantitative estimate of drug-likeness (QED) is 0.567. The molecule has 4 rings (SSSR count). The Morgan fingerprint density at radius 1 is 1.16 bits per heavy atom. The van der Waals surface area contributed by atoms with Gasteiger partial charge in [0.15, 0.2) is 0 Å². The van der Waals surface area contributed by atoms with Crippen LogP contribution in [-0.4, -0.2) is 29.1 Å². The van der Waals surface area contributed by atoms with Crippen LogP contribution in [0.3, 0.4) is 0 Å². The molecule has 1 aliphatic rings. The number of rotatable bonds is 8. The van der Waals surface area contributed by atoms with Gasteiger partial charge in [-0.3, -0.25) is 9.59 Å². The van der Waals surface area contributed by atoms with Gasteiger partial charge in [0.2, 0.25) is 5.91 Å². The maximum absolute atomic E-state index is 12.6. The highest BCUT2D eigenvalue weighted by molar-refractivity contribution is 8.00. The molecule has 1 aliphatic heterocycles. The number of nitrogens with zero attached hydrogens (tertiary/aromatic N) is 1. The van der Waals surface area contributed by atoms with E-state index in [1.807, 2.05) is 60.4 Å². The summed E-state index contributed by atoms with van der Waals surface area (Å²) in [6, 6.07) is 18.8. The molecule has 0 radical (unpaired) electrons. The molecule has 7 heteroatoms. The second-order valence-corrected chi connectivity index (χ2v) is 8.18. The number of hydrogen-bond donors (Lipinski definition) is 1. The highest BCUT2D eigenvalue weighted by atomic mass is 32.2. The van der Waals surface area contributed by atoms with Crippen LogP contribution in [0, 0.1) is 0 Å². The van der Waals surface area contributed by atoms with E-state index in [1.165, 1.54) is 0 Å². The van der Waals surface area contributed by atoms with Crippen LogP contribution < -0.4 is 10.1 Å². The third kappa shape index (κ3) is 4.94. The summed E-state index contributed by atoms with van der Waals surface area (Å²) >= 11 is 1.58. The number of para-hydroxylation sites is 1. The number of carbonyl (C=O) groups excluding carboxylic acids is 2. The normalized spacial score (nSPS) is 15.8. The summed E-state index contributed by atoms with van der Waals surface area (Å²) < 4.78 is 11.0. The standard InChI is InChI=1S/C24H24N2O4S/c1-2-29-21-8-4-3-6-19(21)14-25-23(28)17-9-11-18(12-10-17)24-26(22(27)16-31-24)15-20-7-5-13-30-20/h3-13,24H,2,14-16H2,1H3,(H,25,28). The van der Waals surface area contributed by atoms with Crippen molar-refractivity contribution in [2.24, 2.45) is 0 Å². The third-order valence-corrected chi connectivity index (χ3v) is 6.30. The fourth-order valence-electron chi connectivity index (χ4n) is 3.49. The highest BCUT2D eigenvalue weighted by Crippen LogP contribution is 2.39. The van der Waals surface area contributed by atoms with Gasteiger partial charge in [0.1, 0.15) is 16.9 Å². The molecule has 1 saturated heterocycles. The first-order valence-electron chi connectivity index (χ1n) is 10.2. The van der Waals surface area contributed by atoms with Crippen LogP contribution in [0.15, 0.2) is 71.3 Å². The molecule has 1 aromatic heterocycles. The molecule has 1 atom stereocenters. The average Bonchev–Trinajstić information content (AvgIpc) is 3.44. The number of benzene rings is 2. The Labute approximate surface area is 185 Å². The van der Waals surface area contributed by atoms with E-state index < -0.39 is 0 Å². The van der Waals surface area contributed by atoms with Gasteiger partial charge in [0.05, 0.1) is 25.2 Å². The zero-order chi connectivity index (χ0) is 21.6. The summed E-state index contributed by atoms with van der Waals surface area (Å²) in [7, 11) is 0. The maximum Gasteiger partial charge on any atom is 0.251 e. The van der Waals surface area contributed by atoms with Gasteiger partial charge in [0, 0.05) is 17.7 Å². The predicted octanol–water partition coefficient (Wildman–Crippen LogP) is 4.38. The van der Waals surface area contributed by atoms with E-state index in [4.69, 9.17) is 9.15 Å². The number of ether oxygens (including phenoxy) is 1. The smallest absolute Gasteiger partial charge is 0.251 e. The summed E-state index contributed by atoms with van der Waals surface area (Å²) in [5, 5.41) is 2.86. The molecule has 0 bridgehead atoms. The molecule has 2 heterocycles. The largest absolute Gasteiger partial charge is 0.494 e. The lowest BCUT2D eigenvalue weighted by molar-refractivity contribution is -0.128. The van der Waals surface area contributed by atoms with Crippen molar-refractivity contribution in [2.75, 3.05) is 12.4 Å². The Balaban J connectivity index is 1.40. The number of nitrogens with one attached hydrogen (secondary N) is 1. The van der Waals surface area contributed by atoms with Crippen molar-refractivity contribution in [1.82, 2.24) is 10.2 Å². The van der Waals surface area contributed by atoms with Gasteiger partial charge in [-0.1, -0.05) is 30.3 Å². The molecule has 3 aromatic rings. The van der Waals surface area contributed by atoms with E-state index in [-0.39, 0.29) is 17.2 Å². The van der Waals surface area contributed by atoms with Crippen molar-refractivity contribution < 1.29 is 18.7 Å². The van der Waals surface area contributed by atoms with E-state index >= 15 is 0 Å². The molecular formula is C24H24N2O4S. The number of thioether (sulfide) groups is 1. The zero-order valence-electron chi connectivity index (χ0n) is 17.2. The summed E-state index contributed by atoms with van der Waals surface area (Å²) in [6.07, 6.45) is 1.61. The first-order chi connectivity index (χ1) is 15.2. The molecule has 0 spiro atoms. The summed E-state index contributed by atoms with van der Waals surface area (Å²) in [5.74, 6) is 1.90. The monoisotopic (exact) mass is 436 g/mol. The molecule has 6 nitrogen and oxygen atoms in total. The summed E-state index contributed by atoms with van der Waals surface area (Å²) in [6.45, 7) is 3.33. The molecular weight excluding hydrogens is 412 g/mol. The second kappa shape index (κ2) is 9.75. The van der Waals surface area contributed by atoms with Gasteiger partial charge >= 0.3 is 0 Å². The molecule has 31 heavy (non-hydrogen) atoms. The van der Waals surface area contributed by atoms with Crippen LogP contribution in [0.1, 0.15) is 39.5 Å². The van der Waals surface area contributed by atoms with E-state index in [2.05, 4.69) is 5.32 Å². The van der Waals surface area contributed by atoms with Gasteiger partial charge in [-0.15, -0.1) is 11.8 Å². The van der Waals surface area contributed by atoms with Crippen molar-refractivity contribution in [3.05, 3.63) is 89.4 Å². The Hall–Kier alpha value is -3.19. The van der Waals surface area contributed by atoms with Gasteiger partial charge < -0.3 is 19.4 Å². The fourth-order valence-corrected chi connectivity index (χ4v) is 4.68. The van der Waals surface area contributed by atoms with Crippen molar-refractivity contribution in [3.8, 4) is 5.75 Å². The lowest BCUT2D eigenvalue weighted by Crippen LogP contribution is -2.27. The lowest BCUT2D eigenvalue weighted by Gasteiger charge is -2.23. The minimum absolute atomic E-state index is 0.0844. The second-order valence-electron chi connectivity index (χ2n) is 7.11. The Bertz CT molecular complexity index is 1030. The Kier molecular flexibility index (Phi) is 6.62. The maximum atomic E-state index is 12.6. The van der Waals surface area contributed by atoms with Crippen LogP contribution in [0.2, 0.25) is 0 Å². The summed E-state index contributed by atoms with van der Waals surface area (Å²) in [4.78, 5) is 26.8. The Morgan fingerprint density at radius 2 is 1.97 bits per heavy atom. The van der Waals surface area contributed by atoms with Gasteiger partial charge in [-0.05, 0) is 42.8 Å². The molecule has 0 aliphatic carbocycles. The first kappa shape index (κ1) is 21.1. The number of carbonyl (C=O) groups is 2. The molecule has 0 saturated carbocycles. The molecule has 1 N–H and O–H groups in total. The van der Waals surface area contributed by atoms with Crippen LogP contribution in [0.4, 0.5) is 0 Å². The SMILES string of the molecule is CCOc1ccccc1CNC(=O)c1ccc(C2SCC(=O)N2Cc2ccco2)cc1. The molecule has 1 unspecified atom stereocenters. The number of amides is 2. The van der Waals surface area contributed by atoms with Crippen molar-refractivity contribution >= 4 is 23.6 Å². The minimum Gasteiger partial charge on any atom is -0.494 e. The zero-order valence-corrected chi connectivity index (χ0v) is 18.1. The van der Waals surface area contributed by atoms with Crippen LogP contribution in [0.25, 0.3) is 0 Å². The van der Waals surface area contributed by atoms with Crippen molar-refractivity contribution in [3.63, 3.8) is 0 Å². The topological polar surface area (TPSA) is 71.8 Å². The number of hydrogen-bond acceptors (Lipinski definition) is 5. The third-order valence-electron chi connectivity index (χ3n) is 5.04. The van der Waals surface area contributed by atoms with Crippen LogP contribution >= 0.6 is 11.8 Å².